The standard InChI is InChI=1S/C8H3ClN2.C3H6O3/c9-5-2-1-4-6-3-10-8(5)7(4)11-6;1-2-3(4)6-5/h1-3H;5H,2H2,1H3. The van der Waals surface area contributed by atoms with E-state index in [9.17, 15) is 4.79 Å². The fourth-order valence-electron chi connectivity index (χ4n) is 1.41. The second-order valence-corrected chi connectivity index (χ2v) is 3.77. The van der Waals surface area contributed by atoms with E-state index >= 15 is 0 Å². The molecule has 0 saturated heterocycles. The Morgan fingerprint density at radius 2 is 2.24 bits per heavy atom. The van der Waals surface area contributed by atoms with E-state index in [1.807, 2.05) is 12.1 Å². The summed E-state index contributed by atoms with van der Waals surface area (Å²) in [6, 6.07) is 3.84. The normalized spacial score (nSPS) is 10.5. The van der Waals surface area contributed by atoms with Crippen LogP contribution in [0.15, 0.2) is 18.3 Å². The van der Waals surface area contributed by atoms with E-state index in [1.165, 1.54) is 5.22 Å². The fourth-order valence-corrected chi connectivity index (χ4v) is 1.62. The lowest BCUT2D eigenvalue weighted by molar-refractivity contribution is -0.233. The molecule has 0 amide bonds. The second-order valence-electron chi connectivity index (χ2n) is 3.36. The maximum atomic E-state index is 9.71. The Morgan fingerprint density at radius 3 is 2.71 bits per heavy atom. The van der Waals surface area contributed by atoms with Crippen LogP contribution in [0.4, 0.5) is 0 Å². The summed E-state index contributed by atoms with van der Waals surface area (Å²) in [4.78, 5) is 21.3. The van der Waals surface area contributed by atoms with Crippen LogP contribution in [-0.2, 0) is 9.68 Å². The van der Waals surface area contributed by atoms with Crippen molar-refractivity contribution < 1.29 is 14.9 Å². The van der Waals surface area contributed by atoms with Crippen LogP contribution in [0.25, 0.3) is 11.0 Å². The van der Waals surface area contributed by atoms with Crippen molar-refractivity contribution in [1.82, 2.24) is 9.97 Å². The van der Waals surface area contributed by atoms with Gasteiger partial charge in [-0.1, -0.05) is 18.5 Å². The number of nitrogens with zero attached hydrogens (tertiary/aromatic N) is 2. The minimum absolute atomic E-state index is 0.219. The van der Waals surface area contributed by atoms with Gasteiger partial charge in [0.2, 0.25) is 0 Å². The third-order valence-electron chi connectivity index (χ3n) is 2.32. The molecule has 2 heterocycles. The van der Waals surface area contributed by atoms with E-state index < -0.39 is 5.97 Å². The molecule has 17 heavy (non-hydrogen) atoms. The number of rotatable bonds is 1. The lowest BCUT2D eigenvalue weighted by Crippen LogP contribution is -1.96. The van der Waals surface area contributed by atoms with E-state index in [-0.39, 0.29) is 6.42 Å². The molecule has 0 saturated carbocycles. The number of carbonyl (C=O) groups excluding carboxylic acids is 1. The summed E-state index contributed by atoms with van der Waals surface area (Å²) in [5.41, 5.74) is 1.77. The van der Waals surface area contributed by atoms with Crippen LogP contribution in [0.3, 0.4) is 0 Å². The van der Waals surface area contributed by atoms with Crippen molar-refractivity contribution in [1.29, 1.82) is 0 Å². The maximum Gasteiger partial charge on any atom is 0.341 e. The Morgan fingerprint density at radius 1 is 1.47 bits per heavy atom. The summed E-state index contributed by atoms with van der Waals surface area (Å²) >= 11 is 5.88. The van der Waals surface area contributed by atoms with Gasteiger partial charge in [0.15, 0.2) is 0 Å². The second kappa shape index (κ2) is 4.65. The zero-order valence-corrected chi connectivity index (χ0v) is 9.73. The molecule has 1 aromatic heterocycles. The molecule has 2 aromatic rings. The Bertz CT molecular complexity index is 666. The summed E-state index contributed by atoms with van der Waals surface area (Å²) in [6.45, 7) is 1.60. The first-order chi connectivity index (χ1) is 8.17. The van der Waals surface area contributed by atoms with Gasteiger partial charge in [0.05, 0.1) is 16.6 Å². The van der Waals surface area contributed by atoms with Crippen LogP contribution in [0.2, 0.25) is 5.02 Å². The molecule has 5 nitrogen and oxygen atoms in total. The van der Waals surface area contributed by atoms with Crippen molar-refractivity contribution in [2.45, 2.75) is 13.3 Å². The molecular formula is C11H9ClN2O3. The van der Waals surface area contributed by atoms with Crippen molar-refractivity contribution in [3.05, 3.63) is 33.9 Å². The molecular weight excluding hydrogens is 244 g/mol. The highest BCUT2D eigenvalue weighted by Crippen LogP contribution is 2.24. The molecule has 0 aliphatic carbocycles. The molecule has 1 aliphatic heterocycles. The van der Waals surface area contributed by atoms with E-state index in [4.69, 9.17) is 16.9 Å². The average molecular weight is 253 g/mol. The molecule has 0 spiro atoms. The maximum absolute atomic E-state index is 9.71. The van der Waals surface area contributed by atoms with Gasteiger partial charge < -0.3 is 4.89 Å². The molecule has 1 N–H and O–H groups in total. The number of halogens is 1. The number of carbonyl (C=O) groups is 1. The van der Waals surface area contributed by atoms with Crippen molar-refractivity contribution in [3.63, 3.8) is 0 Å². The molecule has 0 radical (unpaired) electrons. The third-order valence-corrected chi connectivity index (χ3v) is 2.62. The Balaban J connectivity index is 0.000000157. The van der Waals surface area contributed by atoms with Crippen molar-refractivity contribution in [2.75, 3.05) is 0 Å². The van der Waals surface area contributed by atoms with Crippen molar-refractivity contribution >= 4 is 28.6 Å². The summed E-state index contributed by atoms with van der Waals surface area (Å²) in [6.07, 6.45) is 1.97. The van der Waals surface area contributed by atoms with Gasteiger partial charge in [-0.2, -0.15) is 5.26 Å². The van der Waals surface area contributed by atoms with Crippen LogP contribution in [0.1, 0.15) is 13.3 Å². The molecule has 1 aliphatic rings. The highest BCUT2D eigenvalue weighted by atomic mass is 35.5. The third kappa shape index (κ3) is 2.07. The van der Waals surface area contributed by atoms with Gasteiger partial charge in [-0.15, -0.1) is 0 Å². The molecule has 2 bridgehead atoms. The summed E-state index contributed by atoms with van der Waals surface area (Å²) < 4.78 is 0. The van der Waals surface area contributed by atoms with E-state index in [1.54, 1.807) is 13.1 Å². The first-order valence-corrected chi connectivity index (χ1v) is 5.35. The van der Waals surface area contributed by atoms with Gasteiger partial charge in [-0.05, 0) is 12.1 Å². The first-order valence-electron chi connectivity index (χ1n) is 4.97. The molecule has 88 valence electrons. The highest BCUT2D eigenvalue weighted by Gasteiger charge is 2.09. The quantitative estimate of drug-likeness (QED) is 0.531. The van der Waals surface area contributed by atoms with Gasteiger partial charge in [0, 0.05) is 11.6 Å². The van der Waals surface area contributed by atoms with Crippen molar-refractivity contribution in [2.24, 2.45) is 0 Å². The topological polar surface area (TPSA) is 72.3 Å². The molecule has 0 atom stereocenters. The van der Waals surface area contributed by atoms with E-state index in [2.05, 4.69) is 14.9 Å². The predicted octanol–water partition coefficient (Wildman–Crippen LogP) is 2.30. The Hall–Kier alpha value is -1.72. The Labute approximate surface area is 101 Å². The van der Waals surface area contributed by atoms with Gasteiger partial charge >= 0.3 is 5.97 Å². The lowest BCUT2D eigenvalue weighted by atomic mass is 10.2. The number of hydrogen-bond donors (Lipinski definition) is 1. The molecule has 0 unspecified atom stereocenters. The number of fused-ring (bicyclic) bond motifs is 1. The number of aromatic nitrogens is 2. The lowest BCUT2D eigenvalue weighted by Gasteiger charge is -2.05. The number of hydrogen-bond acceptors (Lipinski definition) is 5. The summed E-state index contributed by atoms with van der Waals surface area (Å²) in [5.74, 6) is -0.602. The van der Waals surface area contributed by atoms with Gasteiger partial charge in [0.1, 0.15) is 11.0 Å². The zero-order chi connectivity index (χ0) is 12.4. The number of benzene rings is 1. The van der Waals surface area contributed by atoms with Crippen LogP contribution < -0.4 is 0 Å². The van der Waals surface area contributed by atoms with Crippen LogP contribution in [0.5, 0.6) is 0 Å². The molecule has 3 rings (SSSR count). The van der Waals surface area contributed by atoms with Crippen LogP contribution >= 0.6 is 11.6 Å². The van der Waals surface area contributed by atoms with E-state index in [0.29, 0.717) is 5.02 Å². The van der Waals surface area contributed by atoms with Crippen molar-refractivity contribution in [3.8, 4) is 0 Å². The van der Waals surface area contributed by atoms with Gasteiger partial charge in [-0.3, -0.25) is 4.98 Å². The van der Waals surface area contributed by atoms with Crippen LogP contribution in [-0.4, -0.2) is 21.2 Å². The van der Waals surface area contributed by atoms with E-state index in [0.717, 1.165) is 16.4 Å². The average Bonchev–Trinajstić information content (AvgIpc) is 2.37. The monoisotopic (exact) mass is 252 g/mol. The van der Waals surface area contributed by atoms with Crippen LogP contribution in [0, 0.1) is 10.6 Å². The minimum atomic E-state index is -0.602. The predicted molar refractivity (Wildman–Crippen MR) is 61.2 cm³/mol. The largest absolute Gasteiger partial charge is 0.341 e. The first kappa shape index (κ1) is 11.8. The zero-order valence-electron chi connectivity index (χ0n) is 8.98. The van der Waals surface area contributed by atoms with Gasteiger partial charge in [-0.25, -0.2) is 9.78 Å². The summed E-state index contributed by atoms with van der Waals surface area (Å²) in [7, 11) is 0. The highest BCUT2D eigenvalue weighted by molar-refractivity contribution is 6.34. The SMILES string of the molecule is CCC(=O)OO.Clc1ccc2c3nc=2cnc13. The fraction of sp³-hybridized carbons (Fsp3) is 0.182. The molecule has 1 aromatic carbocycles. The van der Waals surface area contributed by atoms with Gasteiger partial charge in [0.25, 0.3) is 0 Å². The smallest absolute Gasteiger partial charge is 0.301 e. The Kier molecular flexibility index (Phi) is 3.21. The summed E-state index contributed by atoms with van der Waals surface area (Å²) in [5, 5.41) is 10.3. The minimum Gasteiger partial charge on any atom is -0.301 e. The molecule has 0 fully saturated rings. The molecule has 6 heteroatoms.